The van der Waals surface area contributed by atoms with Gasteiger partial charge in [0.05, 0.1) is 7.11 Å². The summed E-state index contributed by atoms with van der Waals surface area (Å²) in [6.07, 6.45) is 0.468. The average Bonchev–Trinajstić information content (AvgIpc) is 3.47. The Morgan fingerprint density at radius 1 is 0.974 bits per heavy atom. The second kappa shape index (κ2) is 12.7. The molecule has 39 heavy (non-hydrogen) atoms. The van der Waals surface area contributed by atoms with Gasteiger partial charge in [0, 0.05) is 24.6 Å². The Morgan fingerprint density at radius 3 is 2.10 bits per heavy atom. The zero-order valence-corrected chi connectivity index (χ0v) is 21.8. The minimum atomic E-state index is -0.991. The largest absolute Gasteiger partial charge is 0.453 e. The van der Waals surface area contributed by atoms with Crippen LogP contribution >= 0.6 is 0 Å². The molecule has 4 rings (SSSR count). The number of hydrogen-bond donors (Lipinski definition) is 4. The van der Waals surface area contributed by atoms with Gasteiger partial charge in [-0.2, -0.15) is 0 Å². The normalized spacial score (nSPS) is 15.4. The van der Waals surface area contributed by atoms with E-state index in [1.54, 1.807) is 29.2 Å². The van der Waals surface area contributed by atoms with Crippen molar-refractivity contribution in [3.05, 3.63) is 107 Å². The molecular formula is C30H33N5O4. The maximum atomic E-state index is 14.1. The lowest BCUT2D eigenvalue weighted by molar-refractivity contribution is -0.140. The second-order valence-corrected chi connectivity index (χ2v) is 9.43. The zero-order chi connectivity index (χ0) is 27.8. The molecule has 0 spiro atoms. The van der Waals surface area contributed by atoms with Crippen molar-refractivity contribution >= 4 is 23.7 Å². The van der Waals surface area contributed by atoms with Gasteiger partial charge in [-0.3, -0.25) is 15.0 Å². The van der Waals surface area contributed by atoms with E-state index in [0.717, 1.165) is 16.7 Å². The van der Waals surface area contributed by atoms with Gasteiger partial charge in [0.25, 0.3) is 0 Å². The number of nitrogen functional groups attached to an aromatic ring is 1. The van der Waals surface area contributed by atoms with Crippen LogP contribution in [-0.4, -0.2) is 54.4 Å². The number of nitrogens with zero attached hydrogens (tertiary/aromatic N) is 1. The molecule has 0 aliphatic carbocycles. The first kappa shape index (κ1) is 27.4. The minimum absolute atomic E-state index is 0.0230. The van der Waals surface area contributed by atoms with Gasteiger partial charge in [0.15, 0.2) is 0 Å². The summed E-state index contributed by atoms with van der Waals surface area (Å²) >= 11 is 0. The van der Waals surface area contributed by atoms with E-state index in [1.807, 2.05) is 60.7 Å². The summed E-state index contributed by atoms with van der Waals surface area (Å²) in [6.45, 7) is 0.677. The van der Waals surface area contributed by atoms with E-state index in [4.69, 9.17) is 15.9 Å². The minimum Gasteiger partial charge on any atom is -0.453 e. The van der Waals surface area contributed by atoms with Gasteiger partial charge >= 0.3 is 6.09 Å². The summed E-state index contributed by atoms with van der Waals surface area (Å²) in [5.74, 6) is -1.13. The highest BCUT2D eigenvalue weighted by Crippen LogP contribution is 2.31. The molecule has 1 saturated heterocycles. The molecule has 0 aromatic heterocycles. The van der Waals surface area contributed by atoms with Crippen molar-refractivity contribution in [3.8, 4) is 0 Å². The molecule has 1 heterocycles. The Balaban J connectivity index is 1.57. The van der Waals surface area contributed by atoms with Crippen LogP contribution in [0.1, 0.15) is 41.0 Å². The predicted octanol–water partition coefficient (Wildman–Crippen LogP) is 3.13. The number of benzene rings is 3. The molecule has 1 aliphatic heterocycles. The van der Waals surface area contributed by atoms with Gasteiger partial charge in [-0.15, -0.1) is 0 Å². The van der Waals surface area contributed by atoms with Gasteiger partial charge in [-0.05, 0) is 29.5 Å². The van der Waals surface area contributed by atoms with Crippen LogP contribution in [0.5, 0.6) is 0 Å². The third kappa shape index (κ3) is 6.62. The van der Waals surface area contributed by atoms with Crippen LogP contribution in [0.15, 0.2) is 84.9 Å². The first-order valence-electron chi connectivity index (χ1n) is 12.8. The van der Waals surface area contributed by atoms with E-state index in [9.17, 15) is 14.4 Å². The molecule has 1 aliphatic rings. The molecule has 202 valence electrons. The summed E-state index contributed by atoms with van der Waals surface area (Å²) < 4.78 is 4.88. The standard InChI is InChI=1S/C30H33N5O4/c1-39-30(38)34-26(25(21-9-4-2-5-10-21)22-11-6-3-7-12-22)29(37)35-18-8-13-24(35)28(36)33-19-20-14-16-23(17-15-20)27(31)32/h2-7,9-12,14-17,24-26H,8,13,18-19H2,1H3,(H3,31,32)(H,33,36)(H,34,38)/t24-,26+/m0/s1. The Morgan fingerprint density at radius 2 is 1.56 bits per heavy atom. The van der Waals surface area contributed by atoms with Crippen molar-refractivity contribution in [2.45, 2.75) is 37.4 Å². The van der Waals surface area contributed by atoms with Crippen LogP contribution in [-0.2, 0) is 20.9 Å². The fraction of sp³-hybridized carbons (Fsp3) is 0.267. The number of carbonyl (C=O) groups excluding carboxylic acids is 3. The highest BCUT2D eigenvalue weighted by molar-refractivity contribution is 5.95. The number of rotatable bonds is 9. The molecule has 0 radical (unpaired) electrons. The van der Waals surface area contributed by atoms with Crippen molar-refractivity contribution < 1.29 is 19.1 Å². The van der Waals surface area contributed by atoms with Crippen LogP contribution < -0.4 is 16.4 Å². The second-order valence-electron chi connectivity index (χ2n) is 9.43. The molecule has 1 fully saturated rings. The Labute approximate surface area is 227 Å². The van der Waals surface area contributed by atoms with E-state index in [1.165, 1.54) is 7.11 Å². The van der Waals surface area contributed by atoms with Gasteiger partial charge in [-0.1, -0.05) is 84.9 Å². The average molecular weight is 528 g/mol. The molecule has 0 unspecified atom stereocenters. The molecule has 5 N–H and O–H groups in total. The first-order chi connectivity index (χ1) is 18.9. The van der Waals surface area contributed by atoms with Gasteiger partial charge in [0.2, 0.25) is 11.8 Å². The van der Waals surface area contributed by atoms with Crippen LogP contribution in [0.3, 0.4) is 0 Å². The van der Waals surface area contributed by atoms with Crippen molar-refractivity contribution in [2.75, 3.05) is 13.7 Å². The molecular weight excluding hydrogens is 494 g/mol. The van der Waals surface area contributed by atoms with Crippen LogP contribution in [0, 0.1) is 5.41 Å². The lowest BCUT2D eigenvalue weighted by atomic mass is 9.84. The monoisotopic (exact) mass is 527 g/mol. The molecule has 3 amide bonds. The third-order valence-corrected chi connectivity index (χ3v) is 6.95. The Kier molecular flexibility index (Phi) is 8.94. The quantitative estimate of drug-likeness (QED) is 0.250. The van der Waals surface area contributed by atoms with Gasteiger partial charge in [0.1, 0.15) is 17.9 Å². The van der Waals surface area contributed by atoms with Crippen molar-refractivity contribution in [3.63, 3.8) is 0 Å². The van der Waals surface area contributed by atoms with E-state index in [-0.39, 0.29) is 24.2 Å². The van der Waals surface area contributed by atoms with Crippen LogP contribution in [0.2, 0.25) is 0 Å². The van der Waals surface area contributed by atoms with E-state index >= 15 is 0 Å². The summed E-state index contributed by atoms with van der Waals surface area (Å²) in [5, 5.41) is 13.2. The molecule has 2 atom stereocenters. The highest BCUT2D eigenvalue weighted by Gasteiger charge is 2.41. The number of hydrogen-bond acceptors (Lipinski definition) is 5. The number of carbonyl (C=O) groups is 3. The number of nitrogens with one attached hydrogen (secondary N) is 3. The number of methoxy groups -OCH3 is 1. The topological polar surface area (TPSA) is 138 Å². The molecule has 0 saturated carbocycles. The number of ether oxygens (including phenoxy) is 1. The van der Waals surface area contributed by atoms with E-state index < -0.39 is 24.1 Å². The lowest BCUT2D eigenvalue weighted by Gasteiger charge is -2.33. The van der Waals surface area contributed by atoms with E-state index in [0.29, 0.717) is 24.9 Å². The van der Waals surface area contributed by atoms with Gasteiger partial charge < -0.3 is 26.0 Å². The lowest BCUT2D eigenvalue weighted by Crippen LogP contribution is -2.55. The Hall–Kier alpha value is -4.66. The maximum Gasteiger partial charge on any atom is 0.407 e. The van der Waals surface area contributed by atoms with Crippen molar-refractivity contribution in [2.24, 2.45) is 5.73 Å². The highest BCUT2D eigenvalue weighted by atomic mass is 16.5. The smallest absolute Gasteiger partial charge is 0.407 e. The summed E-state index contributed by atoms with van der Waals surface area (Å²) in [4.78, 5) is 41.4. The zero-order valence-electron chi connectivity index (χ0n) is 21.8. The summed E-state index contributed by atoms with van der Waals surface area (Å²) in [7, 11) is 1.26. The maximum absolute atomic E-state index is 14.1. The summed E-state index contributed by atoms with van der Waals surface area (Å²) in [5.41, 5.74) is 8.68. The number of amides is 3. The van der Waals surface area contributed by atoms with Crippen molar-refractivity contribution in [1.29, 1.82) is 5.41 Å². The molecule has 0 bridgehead atoms. The SMILES string of the molecule is COC(=O)N[C@@H](C(=O)N1CCC[C@H]1C(=O)NCc1ccc(C(=N)N)cc1)C(c1ccccc1)c1ccccc1. The first-order valence-corrected chi connectivity index (χ1v) is 12.8. The number of amidine groups is 1. The Bertz CT molecular complexity index is 1260. The predicted molar refractivity (Wildman–Crippen MR) is 148 cm³/mol. The third-order valence-electron chi connectivity index (χ3n) is 6.95. The van der Waals surface area contributed by atoms with E-state index in [2.05, 4.69) is 10.6 Å². The summed E-state index contributed by atoms with van der Waals surface area (Å²) in [6, 6.07) is 24.4. The van der Waals surface area contributed by atoms with Crippen molar-refractivity contribution in [1.82, 2.24) is 15.5 Å². The van der Waals surface area contributed by atoms with Gasteiger partial charge in [-0.25, -0.2) is 4.79 Å². The molecule has 3 aromatic carbocycles. The fourth-order valence-electron chi connectivity index (χ4n) is 4.96. The molecule has 3 aromatic rings. The molecule has 9 nitrogen and oxygen atoms in total. The number of likely N-dealkylation sites (tertiary alicyclic amines) is 1. The fourth-order valence-corrected chi connectivity index (χ4v) is 4.96. The molecule has 9 heteroatoms. The van der Waals surface area contributed by atoms with Crippen LogP contribution in [0.4, 0.5) is 4.79 Å². The number of alkyl carbamates (subject to hydrolysis) is 1. The number of nitrogens with two attached hydrogens (primary N) is 1. The van der Waals surface area contributed by atoms with Crippen LogP contribution in [0.25, 0.3) is 0 Å².